The van der Waals surface area contributed by atoms with Gasteiger partial charge in [-0.15, -0.1) is 0 Å². The fourth-order valence-electron chi connectivity index (χ4n) is 5.97. The summed E-state index contributed by atoms with van der Waals surface area (Å²) < 4.78 is 5.13. The van der Waals surface area contributed by atoms with Crippen LogP contribution >= 0.6 is 23.2 Å². The highest BCUT2D eigenvalue weighted by Gasteiger charge is 2.67. The number of esters is 1. The summed E-state index contributed by atoms with van der Waals surface area (Å²) in [5, 5.41) is 0.577. The van der Waals surface area contributed by atoms with Gasteiger partial charge in [0.1, 0.15) is 0 Å². The smallest absolute Gasteiger partial charge is 0.338 e. The van der Waals surface area contributed by atoms with E-state index < -0.39 is 18.4 Å². The molecule has 6 nitrogen and oxygen atoms in total. The zero-order valence-corrected chi connectivity index (χ0v) is 19.3. The Morgan fingerprint density at radius 2 is 1.53 bits per heavy atom. The second-order valence-electron chi connectivity index (χ2n) is 9.34. The number of halogens is 2. The maximum Gasteiger partial charge on any atom is 0.338 e. The lowest BCUT2D eigenvalue weighted by molar-refractivity contribution is -0.124. The number of ether oxygens (including phenoxy) is 1. The highest BCUT2D eigenvalue weighted by Crippen LogP contribution is 2.65. The van der Waals surface area contributed by atoms with E-state index in [9.17, 15) is 19.2 Å². The molecular formula is C26H19Cl2NO5. The number of carbonyl (C=O) groups excluding carboxylic acids is 4. The second kappa shape index (κ2) is 7.79. The van der Waals surface area contributed by atoms with Crippen LogP contribution in [0.4, 0.5) is 5.69 Å². The van der Waals surface area contributed by atoms with Gasteiger partial charge in [0.25, 0.3) is 0 Å². The van der Waals surface area contributed by atoms with E-state index in [0.29, 0.717) is 22.5 Å². The van der Waals surface area contributed by atoms with Crippen LogP contribution in [0.15, 0.2) is 54.6 Å². The molecule has 1 aliphatic heterocycles. The Bertz CT molecular complexity index is 1250. The maximum absolute atomic E-state index is 13.2. The van der Waals surface area contributed by atoms with Crippen LogP contribution in [0.3, 0.4) is 0 Å². The molecule has 2 saturated carbocycles. The van der Waals surface area contributed by atoms with Crippen molar-refractivity contribution in [3.8, 4) is 0 Å². The summed E-state index contributed by atoms with van der Waals surface area (Å²) in [6.45, 7) is -0.480. The van der Waals surface area contributed by atoms with Crippen molar-refractivity contribution in [2.24, 2.45) is 35.5 Å². The monoisotopic (exact) mass is 495 g/mol. The van der Waals surface area contributed by atoms with E-state index in [4.69, 9.17) is 27.9 Å². The molecule has 172 valence electrons. The van der Waals surface area contributed by atoms with Gasteiger partial charge < -0.3 is 4.74 Å². The molecule has 0 N–H and O–H groups in total. The van der Waals surface area contributed by atoms with Gasteiger partial charge in [-0.05, 0) is 72.6 Å². The number of ketones is 1. The van der Waals surface area contributed by atoms with Crippen molar-refractivity contribution in [3.05, 3.63) is 75.8 Å². The minimum absolute atomic E-state index is 0.152. The van der Waals surface area contributed by atoms with Gasteiger partial charge in [-0.25, -0.2) is 4.79 Å². The van der Waals surface area contributed by atoms with E-state index in [1.165, 1.54) is 35.2 Å². The van der Waals surface area contributed by atoms with Crippen LogP contribution < -0.4 is 4.90 Å². The Morgan fingerprint density at radius 1 is 0.912 bits per heavy atom. The molecule has 2 amide bonds. The summed E-state index contributed by atoms with van der Waals surface area (Å²) in [5.74, 6) is -0.621. The Morgan fingerprint density at radius 3 is 2.12 bits per heavy atom. The SMILES string of the molecule is O=C(OCC(=O)c1ccc(Cl)cc1Cl)c1ccc(N2C(=O)[C@H]3[C@@H]4C=C[C@H]([C@H]5C[C@H]45)[C@@H]3C2=O)cc1. The number of benzene rings is 2. The third-order valence-corrected chi connectivity index (χ3v) is 8.14. The van der Waals surface area contributed by atoms with Crippen LogP contribution in [0.25, 0.3) is 0 Å². The topological polar surface area (TPSA) is 80.8 Å². The van der Waals surface area contributed by atoms with Gasteiger partial charge in [-0.2, -0.15) is 0 Å². The van der Waals surface area contributed by atoms with E-state index in [2.05, 4.69) is 12.2 Å². The predicted molar refractivity (Wildman–Crippen MR) is 125 cm³/mol. The molecule has 6 atom stereocenters. The van der Waals surface area contributed by atoms with E-state index in [0.717, 1.165) is 6.42 Å². The summed E-state index contributed by atoms with van der Waals surface area (Å²) in [6, 6.07) is 10.6. The van der Waals surface area contributed by atoms with Gasteiger partial charge in [0.15, 0.2) is 6.61 Å². The highest BCUT2D eigenvalue weighted by atomic mass is 35.5. The van der Waals surface area contributed by atoms with Crippen molar-refractivity contribution in [2.75, 3.05) is 11.5 Å². The Hall–Kier alpha value is -2.96. The van der Waals surface area contributed by atoms with Gasteiger partial charge in [0.05, 0.1) is 28.1 Å². The number of anilines is 1. The van der Waals surface area contributed by atoms with Crippen molar-refractivity contribution >= 4 is 52.5 Å². The first kappa shape index (κ1) is 21.6. The van der Waals surface area contributed by atoms with Crippen LogP contribution in [0.2, 0.25) is 10.0 Å². The lowest BCUT2D eigenvalue weighted by Crippen LogP contribution is -2.40. The average Bonchev–Trinajstić information content (AvgIpc) is 3.61. The normalized spacial score (nSPS) is 30.2. The molecule has 34 heavy (non-hydrogen) atoms. The molecule has 1 heterocycles. The predicted octanol–water partition coefficient (Wildman–Crippen LogP) is 4.59. The molecule has 5 aliphatic rings. The maximum atomic E-state index is 13.2. The molecule has 7 rings (SSSR count). The first-order chi connectivity index (χ1) is 16.3. The van der Waals surface area contributed by atoms with Gasteiger partial charge >= 0.3 is 5.97 Å². The molecule has 0 unspecified atom stereocenters. The summed E-state index contributed by atoms with van der Waals surface area (Å²) in [6.07, 6.45) is 5.37. The Kier molecular flexibility index (Phi) is 4.94. The van der Waals surface area contributed by atoms with Crippen LogP contribution in [-0.4, -0.2) is 30.2 Å². The number of hydrogen-bond acceptors (Lipinski definition) is 5. The molecular weight excluding hydrogens is 477 g/mol. The molecule has 2 bridgehead atoms. The molecule has 0 aromatic heterocycles. The third kappa shape index (κ3) is 3.23. The van der Waals surface area contributed by atoms with Crippen molar-refractivity contribution < 1.29 is 23.9 Å². The van der Waals surface area contributed by atoms with Crippen molar-refractivity contribution in [2.45, 2.75) is 6.42 Å². The molecule has 0 spiro atoms. The fourth-order valence-corrected chi connectivity index (χ4v) is 6.48. The summed E-state index contributed by atoms with van der Waals surface area (Å²) >= 11 is 11.9. The Balaban J connectivity index is 1.14. The van der Waals surface area contributed by atoms with Gasteiger partial charge in [-0.3, -0.25) is 19.3 Å². The number of carbonyl (C=O) groups is 4. The number of rotatable bonds is 5. The first-order valence-electron chi connectivity index (χ1n) is 11.2. The summed E-state index contributed by atoms with van der Waals surface area (Å²) in [5.41, 5.74) is 0.860. The lowest BCUT2D eigenvalue weighted by Gasteiger charge is -2.37. The molecule has 4 aliphatic carbocycles. The molecule has 3 fully saturated rings. The van der Waals surface area contributed by atoms with E-state index in [1.807, 2.05) is 0 Å². The zero-order valence-electron chi connectivity index (χ0n) is 17.8. The van der Waals surface area contributed by atoms with Crippen LogP contribution in [0.5, 0.6) is 0 Å². The van der Waals surface area contributed by atoms with Crippen molar-refractivity contribution in [1.82, 2.24) is 0 Å². The molecule has 1 saturated heterocycles. The number of Topliss-reactive ketones (excluding diaryl/α,β-unsaturated/α-hetero) is 1. The van der Waals surface area contributed by atoms with Crippen molar-refractivity contribution in [3.63, 3.8) is 0 Å². The zero-order chi connectivity index (χ0) is 23.7. The van der Waals surface area contributed by atoms with Gasteiger partial charge in [0, 0.05) is 10.6 Å². The van der Waals surface area contributed by atoms with Crippen LogP contribution in [0.1, 0.15) is 27.1 Å². The summed E-state index contributed by atoms with van der Waals surface area (Å²) in [7, 11) is 0. The molecule has 8 heteroatoms. The van der Waals surface area contributed by atoms with E-state index in [-0.39, 0.29) is 51.6 Å². The summed E-state index contributed by atoms with van der Waals surface area (Å²) in [4.78, 5) is 52.5. The van der Waals surface area contributed by atoms with Gasteiger partial charge in [0.2, 0.25) is 17.6 Å². The first-order valence-corrected chi connectivity index (χ1v) is 11.9. The second-order valence-corrected chi connectivity index (χ2v) is 10.2. The van der Waals surface area contributed by atoms with Crippen LogP contribution in [-0.2, 0) is 14.3 Å². The minimum Gasteiger partial charge on any atom is -0.454 e. The molecule has 2 aromatic rings. The van der Waals surface area contributed by atoms with Crippen molar-refractivity contribution in [1.29, 1.82) is 0 Å². The fraction of sp³-hybridized carbons (Fsp3) is 0.308. The highest BCUT2D eigenvalue weighted by molar-refractivity contribution is 6.36. The molecule has 2 aromatic carbocycles. The Labute approximate surface area is 205 Å². The standard InChI is InChI=1S/C26H19Cl2NO5/c27-13-3-6-17(20(28)9-13)21(30)11-34-26(33)12-1-4-14(5-2-12)29-24(31)22-15-7-8-16(19-10-18(15)19)23(22)25(29)32/h1-9,15-16,18-19,22-23H,10-11H2/t15-,16-,18-,19-,22+,23+/m1/s1. The number of imide groups is 1. The number of allylic oxidation sites excluding steroid dienone is 2. The van der Waals surface area contributed by atoms with Gasteiger partial charge in [-0.1, -0.05) is 35.4 Å². The van der Waals surface area contributed by atoms with E-state index >= 15 is 0 Å². The number of amides is 2. The third-order valence-electron chi connectivity index (χ3n) is 7.59. The number of hydrogen-bond donors (Lipinski definition) is 0. The van der Waals surface area contributed by atoms with Crippen LogP contribution in [0, 0.1) is 35.5 Å². The molecule has 0 radical (unpaired) electrons. The average molecular weight is 496 g/mol. The quantitative estimate of drug-likeness (QED) is 0.262. The minimum atomic E-state index is -0.694. The number of nitrogens with zero attached hydrogens (tertiary/aromatic N) is 1. The van der Waals surface area contributed by atoms with E-state index in [1.54, 1.807) is 12.1 Å². The lowest BCUT2D eigenvalue weighted by atomic mass is 9.63. The largest absolute Gasteiger partial charge is 0.454 e.